The second-order valence-electron chi connectivity index (χ2n) is 7.13. The SMILES string of the molecule is CC/C(=C\c1ccccc1)[C@@H]1C[C@H]1NCC1(CN)CCOCC1.Cl.Cl. The summed E-state index contributed by atoms with van der Waals surface area (Å²) in [6, 6.07) is 11.3. The zero-order valence-corrected chi connectivity index (χ0v) is 16.7. The molecule has 1 aliphatic heterocycles. The molecule has 3 rings (SSSR count). The number of ether oxygens (including phenoxy) is 1. The Bertz CT molecular complexity index is 530. The van der Waals surface area contributed by atoms with Crippen LogP contribution in [0.5, 0.6) is 0 Å². The van der Waals surface area contributed by atoms with Gasteiger partial charge in [-0.2, -0.15) is 0 Å². The van der Waals surface area contributed by atoms with Crippen LogP contribution in [0.25, 0.3) is 6.08 Å². The van der Waals surface area contributed by atoms with Crippen molar-refractivity contribution in [3.05, 3.63) is 41.5 Å². The van der Waals surface area contributed by atoms with Gasteiger partial charge in [0, 0.05) is 25.8 Å². The van der Waals surface area contributed by atoms with Gasteiger partial charge in [-0.25, -0.2) is 0 Å². The number of halogens is 2. The van der Waals surface area contributed by atoms with E-state index >= 15 is 0 Å². The van der Waals surface area contributed by atoms with Gasteiger partial charge in [0.25, 0.3) is 0 Å². The molecular weight excluding hydrogens is 355 g/mol. The number of benzene rings is 1. The smallest absolute Gasteiger partial charge is 0.0472 e. The second kappa shape index (κ2) is 10.5. The average molecular weight is 387 g/mol. The Labute approximate surface area is 164 Å². The van der Waals surface area contributed by atoms with Crippen molar-refractivity contribution in [2.45, 2.75) is 38.6 Å². The third-order valence-corrected chi connectivity index (χ3v) is 5.55. The maximum Gasteiger partial charge on any atom is 0.0472 e. The molecule has 1 saturated carbocycles. The van der Waals surface area contributed by atoms with Crippen LogP contribution in [0, 0.1) is 11.3 Å². The summed E-state index contributed by atoms with van der Waals surface area (Å²) in [7, 11) is 0. The molecule has 0 amide bonds. The fourth-order valence-corrected chi connectivity index (χ4v) is 3.67. The lowest BCUT2D eigenvalue weighted by Crippen LogP contribution is -2.45. The summed E-state index contributed by atoms with van der Waals surface area (Å²) < 4.78 is 5.50. The van der Waals surface area contributed by atoms with Crippen LogP contribution in [0.1, 0.15) is 38.2 Å². The maximum absolute atomic E-state index is 6.06. The van der Waals surface area contributed by atoms with Gasteiger partial charge in [0.1, 0.15) is 0 Å². The standard InChI is InChI=1S/C20H30N2O.2ClH/c1-2-17(12-16-6-4-3-5-7-16)18-13-19(18)22-15-20(14-21)8-10-23-11-9-20;;/h3-7,12,18-19,22H,2,8-11,13-15,21H2,1H3;2*1H/b17-12+;;/t18-,19+;;/m0../s1. The first-order valence-electron chi connectivity index (χ1n) is 9.03. The molecule has 1 saturated heterocycles. The van der Waals surface area contributed by atoms with Crippen molar-refractivity contribution in [3.63, 3.8) is 0 Å². The number of nitrogens with one attached hydrogen (secondary N) is 1. The average Bonchev–Trinajstić information content (AvgIpc) is 3.39. The highest BCUT2D eigenvalue weighted by molar-refractivity contribution is 5.85. The van der Waals surface area contributed by atoms with Gasteiger partial charge in [0.2, 0.25) is 0 Å². The van der Waals surface area contributed by atoms with E-state index in [1.165, 1.54) is 12.0 Å². The van der Waals surface area contributed by atoms with Crippen LogP contribution in [0.2, 0.25) is 0 Å². The molecule has 0 spiro atoms. The van der Waals surface area contributed by atoms with Crippen molar-refractivity contribution in [2.24, 2.45) is 17.1 Å². The summed E-state index contributed by atoms with van der Waals surface area (Å²) in [6.45, 7) is 5.80. The third kappa shape index (κ3) is 5.97. The first-order valence-corrected chi connectivity index (χ1v) is 9.03. The number of hydrogen-bond donors (Lipinski definition) is 2. The highest BCUT2D eigenvalue weighted by atomic mass is 35.5. The Hall–Kier alpha value is -0.580. The van der Waals surface area contributed by atoms with Crippen LogP contribution in [0.3, 0.4) is 0 Å². The molecule has 142 valence electrons. The molecule has 5 heteroatoms. The molecule has 2 fully saturated rings. The van der Waals surface area contributed by atoms with E-state index in [0.29, 0.717) is 12.0 Å². The van der Waals surface area contributed by atoms with Crippen molar-refractivity contribution < 1.29 is 4.74 Å². The molecule has 3 N–H and O–H groups in total. The number of nitrogens with two attached hydrogens (primary N) is 1. The van der Waals surface area contributed by atoms with Gasteiger partial charge >= 0.3 is 0 Å². The quantitative estimate of drug-likeness (QED) is 0.742. The number of rotatable bonds is 7. The Morgan fingerprint density at radius 3 is 2.52 bits per heavy atom. The lowest BCUT2D eigenvalue weighted by Gasteiger charge is -2.36. The van der Waals surface area contributed by atoms with E-state index in [0.717, 1.165) is 45.6 Å². The first kappa shape index (κ1) is 22.5. The molecular formula is C20H32Cl2N2O. The van der Waals surface area contributed by atoms with E-state index in [1.807, 2.05) is 0 Å². The van der Waals surface area contributed by atoms with E-state index < -0.39 is 0 Å². The van der Waals surface area contributed by atoms with Crippen LogP contribution in [0.15, 0.2) is 35.9 Å². The Kier molecular flexibility index (Phi) is 9.47. The highest BCUT2D eigenvalue weighted by Crippen LogP contribution is 2.40. The fourth-order valence-electron chi connectivity index (χ4n) is 3.67. The van der Waals surface area contributed by atoms with Crippen LogP contribution in [-0.4, -0.2) is 32.3 Å². The minimum atomic E-state index is 0. The number of hydrogen-bond acceptors (Lipinski definition) is 3. The van der Waals surface area contributed by atoms with E-state index in [4.69, 9.17) is 10.5 Å². The lowest BCUT2D eigenvalue weighted by molar-refractivity contribution is 0.0190. The predicted molar refractivity (Wildman–Crippen MR) is 111 cm³/mol. The van der Waals surface area contributed by atoms with Gasteiger partial charge in [-0.1, -0.05) is 48.9 Å². The van der Waals surface area contributed by atoms with Crippen molar-refractivity contribution in [3.8, 4) is 0 Å². The molecule has 1 aromatic carbocycles. The van der Waals surface area contributed by atoms with Crippen molar-refractivity contribution in [1.29, 1.82) is 0 Å². The van der Waals surface area contributed by atoms with Crippen molar-refractivity contribution in [1.82, 2.24) is 5.32 Å². The molecule has 1 aromatic rings. The highest BCUT2D eigenvalue weighted by Gasteiger charge is 2.41. The molecule has 25 heavy (non-hydrogen) atoms. The zero-order chi connectivity index (χ0) is 16.1. The molecule has 0 bridgehead atoms. The monoisotopic (exact) mass is 386 g/mol. The van der Waals surface area contributed by atoms with E-state index in [2.05, 4.69) is 48.6 Å². The first-order chi connectivity index (χ1) is 11.3. The third-order valence-electron chi connectivity index (χ3n) is 5.55. The van der Waals surface area contributed by atoms with Gasteiger partial charge in [-0.3, -0.25) is 0 Å². The normalized spacial score (nSPS) is 24.8. The Morgan fingerprint density at radius 1 is 1.24 bits per heavy atom. The topological polar surface area (TPSA) is 47.3 Å². The van der Waals surface area contributed by atoms with Crippen LogP contribution in [0.4, 0.5) is 0 Å². The summed E-state index contributed by atoms with van der Waals surface area (Å²) >= 11 is 0. The summed E-state index contributed by atoms with van der Waals surface area (Å²) in [5, 5.41) is 3.79. The van der Waals surface area contributed by atoms with Gasteiger partial charge in [0.15, 0.2) is 0 Å². The fraction of sp³-hybridized carbons (Fsp3) is 0.600. The second-order valence-corrected chi connectivity index (χ2v) is 7.13. The Morgan fingerprint density at radius 2 is 1.92 bits per heavy atom. The minimum absolute atomic E-state index is 0. The van der Waals surface area contributed by atoms with Crippen molar-refractivity contribution in [2.75, 3.05) is 26.3 Å². The summed E-state index contributed by atoms with van der Waals surface area (Å²) in [5.41, 5.74) is 9.20. The van der Waals surface area contributed by atoms with Gasteiger partial charge in [0.05, 0.1) is 0 Å². The maximum atomic E-state index is 6.06. The van der Waals surface area contributed by atoms with Gasteiger partial charge in [-0.15, -0.1) is 24.8 Å². The van der Waals surface area contributed by atoms with Gasteiger partial charge in [-0.05, 0) is 49.1 Å². The summed E-state index contributed by atoms with van der Waals surface area (Å²) in [4.78, 5) is 0. The van der Waals surface area contributed by atoms with Crippen LogP contribution >= 0.6 is 24.8 Å². The van der Waals surface area contributed by atoms with Crippen molar-refractivity contribution >= 4 is 30.9 Å². The molecule has 1 heterocycles. The van der Waals surface area contributed by atoms with E-state index in [9.17, 15) is 0 Å². The molecule has 3 nitrogen and oxygen atoms in total. The van der Waals surface area contributed by atoms with Crippen LogP contribution < -0.4 is 11.1 Å². The zero-order valence-electron chi connectivity index (χ0n) is 15.1. The molecule has 2 aliphatic rings. The van der Waals surface area contributed by atoms with Crippen LogP contribution in [-0.2, 0) is 4.74 Å². The molecule has 0 unspecified atom stereocenters. The van der Waals surface area contributed by atoms with E-state index in [1.54, 1.807) is 5.57 Å². The van der Waals surface area contributed by atoms with E-state index in [-0.39, 0.29) is 30.2 Å². The van der Waals surface area contributed by atoms with Gasteiger partial charge < -0.3 is 15.8 Å². The summed E-state index contributed by atoms with van der Waals surface area (Å²) in [5.74, 6) is 0.704. The Balaban J connectivity index is 0.00000156. The molecule has 0 radical (unpaired) electrons. The molecule has 2 atom stereocenters. The minimum Gasteiger partial charge on any atom is -0.381 e. The molecule has 1 aliphatic carbocycles. The lowest BCUT2D eigenvalue weighted by atomic mass is 9.80. The summed E-state index contributed by atoms with van der Waals surface area (Å²) in [6.07, 6.45) is 6.96. The largest absolute Gasteiger partial charge is 0.381 e. The molecule has 0 aromatic heterocycles. The predicted octanol–water partition coefficient (Wildman–Crippen LogP) is 4.06.